The van der Waals surface area contributed by atoms with Gasteiger partial charge >= 0.3 is 29.5 Å². The molecule has 5 aliphatic rings. The van der Waals surface area contributed by atoms with Crippen LogP contribution in [0.3, 0.4) is 0 Å². The number of fused-ring (bicyclic) bond motifs is 1. The third kappa shape index (κ3) is 21.1. The quantitative estimate of drug-likeness (QED) is 0.0132. The molecule has 6 aromatic heterocycles. The summed E-state index contributed by atoms with van der Waals surface area (Å²) in [5.74, 6) is -0.660. The van der Waals surface area contributed by atoms with E-state index in [4.69, 9.17) is 144 Å². The van der Waals surface area contributed by atoms with Gasteiger partial charge in [-0.2, -0.15) is 15.0 Å². The number of nitrogen functional groups attached to an aromatic ring is 3. The van der Waals surface area contributed by atoms with E-state index in [1.807, 2.05) is 13.8 Å². The number of hydrogen-bond donors (Lipinski definition) is 8. The third-order valence-corrected chi connectivity index (χ3v) is 25.2. The van der Waals surface area contributed by atoms with Crippen molar-refractivity contribution in [1.29, 1.82) is 0 Å². The van der Waals surface area contributed by atoms with Gasteiger partial charge in [0.15, 0.2) is 18.0 Å². The van der Waals surface area contributed by atoms with Crippen molar-refractivity contribution >= 4 is 119 Å². The summed E-state index contributed by atoms with van der Waals surface area (Å²) >= 11 is 25.5. The average Bonchev–Trinajstić information content (AvgIpc) is 1.62. The number of rotatable bonds is 36. The number of halogens is 1. The van der Waals surface area contributed by atoms with Gasteiger partial charge in [-0.15, -0.1) is 0 Å². The van der Waals surface area contributed by atoms with Crippen molar-refractivity contribution < 1.29 is 93.3 Å². The SMILES string of the molecule is Cc1cn([C@H]2C[C@@H](OP(=S)(OCCOCCOCCN)OC[C@H]3O[C@@H](n4ccc(N)nc4=O)C[C@H]3C(C)C)[C@@H](COP([O-])(=S)O[C@@H]3C[C@H](n4cnc5c(=O)[nH]c(N)nc54)O[C@@H]3COP(=O)([S-])O[C@@H]3C[C@H](n4ccc(N)nc4=O)O[C@@H]3COP([O-])(=S)O[C@@H]3C[C@H](n4cc(Br)c(=O)[nH]c4=O)O[C@@H]3CO)O2)c(=O)[nH]c1=O. The van der Waals surface area contributed by atoms with E-state index in [1.165, 1.54) is 53.1 Å². The van der Waals surface area contributed by atoms with Crippen LogP contribution >= 0.6 is 42.9 Å². The number of nitrogens with zero attached hydrogens (tertiary/aromatic N) is 9. The number of aliphatic hydroxyl groups is 1. The molecule has 108 heavy (non-hydrogen) atoms. The van der Waals surface area contributed by atoms with Crippen molar-refractivity contribution in [2.24, 2.45) is 17.6 Å². The summed E-state index contributed by atoms with van der Waals surface area (Å²) in [6, 6.07) is 2.75. The van der Waals surface area contributed by atoms with Crippen LogP contribution in [-0.4, -0.2) is 190 Å². The molecule has 6 aromatic rings. The fraction of sp³-hybridized carbons (Fsp3) is 0.625. The predicted octanol–water partition coefficient (Wildman–Crippen LogP) is -1.08. The smallest absolute Gasteiger partial charge is 0.351 e. The topological polar surface area (TPSA) is 578 Å². The molecular weight excluding hydrogens is 1660 g/mol. The highest BCUT2D eigenvalue weighted by Gasteiger charge is 2.47. The van der Waals surface area contributed by atoms with Crippen LogP contribution in [-0.2, 0) is 126 Å². The van der Waals surface area contributed by atoms with Crippen LogP contribution in [0.1, 0.15) is 82.7 Å². The molecule has 11 rings (SSSR count). The monoisotopic (exact) mass is 1740 g/mol. The molecule has 12 N–H and O–H groups in total. The molecule has 5 saturated heterocycles. The molecule has 4 unspecified atom stereocenters. The van der Waals surface area contributed by atoms with Crippen molar-refractivity contribution in [3.05, 3.63) is 126 Å². The number of anilines is 3. The number of nitrogens with one attached hydrogen (secondary N) is 3. The van der Waals surface area contributed by atoms with Gasteiger partial charge in [-0.25, -0.2) is 24.2 Å². The first kappa shape index (κ1) is 84.0. The molecule has 0 bridgehead atoms. The molecular formula is C56H76BrN16O27P4S4-3. The van der Waals surface area contributed by atoms with E-state index < -0.39 is 179 Å². The first-order valence-corrected chi connectivity index (χ1v) is 44.2. The van der Waals surface area contributed by atoms with E-state index in [-0.39, 0.29) is 109 Å². The minimum atomic E-state index is -4.88. The minimum Gasteiger partial charge on any atom is -0.780 e. The lowest BCUT2D eigenvalue weighted by Gasteiger charge is -2.35. The van der Waals surface area contributed by atoms with E-state index in [9.17, 15) is 53.0 Å². The zero-order valence-corrected chi connectivity index (χ0v) is 65.7. The minimum absolute atomic E-state index is 0.0191. The Morgan fingerprint density at radius 3 is 1.64 bits per heavy atom. The summed E-state index contributed by atoms with van der Waals surface area (Å²) in [6.45, 7) is -15.6. The molecule has 0 spiro atoms. The summed E-state index contributed by atoms with van der Waals surface area (Å²) < 4.78 is 117. The maximum Gasteiger partial charge on any atom is 0.351 e. The molecule has 596 valence electrons. The molecule has 11 heterocycles. The van der Waals surface area contributed by atoms with Gasteiger partial charge in [-0.3, -0.25) is 56.7 Å². The molecule has 52 heteroatoms. The first-order chi connectivity index (χ1) is 51.2. The van der Waals surface area contributed by atoms with Gasteiger partial charge in [-0.1, -0.05) is 37.5 Å². The number of aromatic nitrogens is 12. The van der Waals surface area contributed by atoms with Gasteiger partial charge < -0.3 is 124 Å². The summed E-state index contributed by atoms with van der Waals surface area (Å²) in [6.07, 6.45) is -11.8. The zero-order chi connectivity index (χ0) is 77.7. The van der Waals surface area contributed by atoms with E-state index in [0.29, 0.717) is 19.6 Å². The van der Waals surface area contributed by atoms with Crippen LogP contribution in [0.4, 0.5) is 17.6 Å². The maximum atomic E-state index is 14.9. The second-order valence-corrected chi connectivity index (χ2v) is 37.2. The van der Waals surface area contributed by atoms with E-state index >= 15 is 0 Å². The molecule has 19 atom stereocenters. The Bertz CT molecular complexity index is 4850. The van der Waals surface area contributed by atoms with Crippen LogP contribution < -0.4 is 72.2 Å². The Labute approximate surface area is 639 Å². The lowest BCUT2D eigenvalue weighted by molar-refractivity contribution is -0.216. The largest absolute Gasteiger partial charge is 0.780 e. The molecule has 0 aliphatic carbocycles. The third-order valence-electron chi connectivity index (χ3n) is 17.6. The molecule has 43 nitrogen and oxygen atoms in total. The Kier molecular flexibility index (Phi) is 28.0. The van der Waals surface area contributed by atoms with Gasteiger partial charge in [0.25, 0.3) is 16.7 Å². The number of nitrogens with two attached hydrogens (primary N) is 4. The van der Waals surface area contributed by atoms with Crippen LogP contribution in [0, 0.1) is 18.8 Å². The highest BCUT2D eigenvalue weighted by Crippen LogP contribution is 2.57. The zero-order valence-electron chi connectivity index (χ0n) is 57.3. The molecule has 0 radical (unpaired) electrons. The molecule has 0 aromatic carbocycles. The molecule has 0 saturated carbocycles. The second-order valence-electron chi connectivity index (χ2n) is 25.3. The van der Waals surface area contributed by atoms with Crippen molar-refractivity contribution in [3.63, 3.8) is 0 Å². The summed E-state index contributed by atoms with van der Waals surface area (Å²) in [7, 11) is 0. The molecule has 5 aliphatic heterocycles. The lowest BCUT2D eigenvalue weighted by atomic mass is 9.89. The number of ether oxygens (including phenoxy) is 7. The van der Waals surface area contributed by atoms with Crippen molar-refractivity contribution in [1.82, 2.24) is 57.7 Å². The standard InChI is InChI=1S/C56H79BrN16O27P4S4/c1-27(2)29-14-42(69-7-4-40(59)63-53(69)78)93-36(29)22-91-104(108,87-13-12-86-11-10-85-9-6-58)100-34-18-44(71-19-28(3)49(75)67-55(71)80)95-39(34)25-90-103(84,107)99-33-17-46(73-26-62-47-48(73)65-52(61)66-51(47)77)96-38(33)24-89-102(83,106)98-32-16-43(70-8-5-41(60)64-54(70)79)94-37(32)23-88-101(82,105)97-31-15-45(92-35(31)21-74)72-20-30(57)50(76)68-56(72)81/h4-5,7-8,19-20,26-27,29,31-39,42-46,74H,6,9-18,21-25,58H2,1-3H3,(H,82,105)(H,83,106)(H,84,107)(H2,59,63,78)(H2,60,64,79)(H,67,75,80)(H,68,76,81)(H3,61,65,66,77)/p-3/t29-,31+,32+,33+,34+,35+,36+,37+,38+,39+,42+,43+,44+,45+,46+,101?,102?,103?,104?/m0/s1. The maximum absolute atomic E-state index is 14.9. The summed E-state index contributed by atoms with van der Waals surface area (Å²) in [5.41, 5.74) is 17.5. The number of H-pyrrole nitrogens is 3. The first-order valence-electron chi connectivity index (χ1n) is 33.2. The Balaban J connectivity index is 0.816. The van der Waals surface area contributed by atoms with Gasteiger partial charge in [0.1, 0.15) is 80.6 Å². The fourth-order valence-electron chi connectivity index (χ4n) is 12.4. The fourth-order valence-corrected chi connectivity index (χ4v) is 19.2. The van der Waals surface area contributed by atoms with Gasteiger partial charge in [0.05, 0.1) is 107 Å². The number of aromatic amines is 3. The number of imidazole rings is 1. The summed E-state index contributed by atoms with van der Waals surface area (Å²) in [4.78, 5) is 142. The van der Waals surface area contributed by atoms with Crippen LogP contribution in [0.2, 0.25) is 0 Å². The van der Waals surface area contributed by atoms with Gasteiger partial charge in [0.2, 0.25) is 5.95 Å². The van der Waals surface area contributed by atoms with Crippen molar-refractivity contribution in [2.45, 2.75) is 139 Å². The Morgan fingerprint density at radius 1 is 0.602 bits per heavy atom. The number of aryl methyl sites for hydroxylation is 1. The van der Waals surface area contributed by atoms with Crippen molar-refractivity contribution in [2.75, 3.05) is 89.8 Å². The number of aliphatic hydroxyl groups excluding tert-OH is 1. The number of hydrogen-bond acceptors (Lipinski definition) is 39. The predicted molar refractivity (Wildman–Crippen MR) is 389 cm³/mol. The van der Waals surface area contributed by atoms with Gasteiger partial charge in [-0.05, 0) is 65.0 Å². The van der Waals surface area contributed by atoms with E-state index in [1.54, 1.807) is 0 Å². The van der Waals surface area contributed by atoms with Crippen LogP contribution in [0.25, 0.3) is 11.2 Å². The van der Waals surface area contributed by atoms with Crippen LogP contribution in [0.5, 0.6) is 0 Å². The normalized spacial score (nSPS) is 28.2. The lowest BCUT2D eigenvalue weighted by Crippen LogP contribution is -2.34. The van der Waals surface area contributed by atoms with E-state index in [2.05, 4.69) is 50.8 Å². The van der Waals surface area contributed by atoms with Crippen molar-refractivity contribution in [3.8, 4) is 0 Å². The highest BCUT2D eigenvalue weighted by atomic mass is 79.9. The molecule has 5 fully saturated rings. The van der Waals surface area contributed by atoms with E-state index in [0.717, 1.165) is 19.9 Å². The Hall–Kier alpha value is -4.92. The highest BCUT2D eigenvalue weighted by molar-refractivity contribution is 9.10. The second kappa shape index (κ2) is 36.1. The van der Waals surface area contributed by atoms with Crippen LogP contribution in [0.15, 0.2) is 81.3 Å². The summed E-state index contributed by atoms with van der Waals surface area (Å²) in [5, 5.41) is 10.2. The Morgan fingerprint density at radius 2 is 1.07 bits per heavy atom. The van der Waals surface area contributed by atoms with Gasteiger partial charge in [0, 0.05) is 62.6 Å². The molecule has 0 amide bonds. The average molecular weight is 1740 g/mol.